The Balaban J connectivity index is 1.21. The largest absolute Gasteiger partial charge is 0.480 e. The van der Waals surface area contributed by atoms with E-state index in [1.54, 1.807) is 18.2 Å². The summed E-state index contributed by atoms with van der Waals surface area (Å²) in [6, 6.07) is 13.8. The van der Waals surface area contributed by atoms with Crippen LogP contribution in [0.15, 0.2) is 54.6 Å². The Labute approximate surface area is 246 Å². The number of fused-ring (bicyclic) bond motifs is 2. The highest BCUT2D eigenvalue weighted by molar-refractivity contribution is 6.40. The molecule has 1 aliphatic carbocycles. The summed E-state index contributed by atoms with van der Waals surface area (Å²) in [5, 5.41) is 17.9. The van der Waals surface area contributed by atoms with Crippen molar-refractivity contribution in [3.63, 3.8) is 0 Å². The van der Waals surface area contributed by atoms with Gasteiger partial charge in [-0.15, -0.1) is 0 Å². The fourth-order valence-corrected chi connectivity index (χ4v) is 6.21. The van der Waals surface area contributed by atoms with Crippen molar-refractivity contribution in [3.05, 3.63) is 104 Å². The first-order chi connectivity index (χ1) is 19.7. The second-order valence-electron chi connectivity index (χ2n) is 10.3. The van der Waals surface area contributed by atoms with Crippen LogP contribution in [0, 0.1) is 5.82 Å². The van der Waals surface area contributed by atoms with Crippen molar-refractivity contribution in [1.82, 2.24) is 20.9 Å². The van der Waals surface area contributed by atoms with E-state index in [9.17, 15) is 23.9 Å². The molecule has 0 bridgehead atoms. The Kier molecular flexibility index (Phi) is 8.77. The first kappa shape index (κ1) is 28.9. The number of rotatable bonds is 8. The molecule has 1 unspecified atom stereocenters. The molecule has 3 aromatic rings. The number of benzene rings is 3. The Morgan fingerprint density at radius 3 is 2.56 bits per heavy atom. The standard InChI is InChI=1S/C30H29Cl2FN4O4/c31-23-13-19-16-37(15-17-5-8-20(33)9-6-17)12-11-22(19)27(32)26(23)28(38)35-25(29(39)40)14-34-30(41)36-24-10-7-18-3-1-2-4-21(18)24/h1-6,8-9,13,24-25H,7,10-12,14-16H2,(H,35,38)(H,39,40)(H2,34,36,41)/t24?,25-/m0/s1. The molecule has 0 spiro atoms. The van der Waals surface area contributed by atoms with E-state index in [0.29, 0.717) is 26.1 Å². The molecule has 0 aromatic heterocycles. The molecular weight excluding hydrogens is 570 g/mol. The van der Waals surface area contributed by atoms with Crippen LogP contribution in [-0.4, -0.2) is 47.0 Å². The SMILES string of the molecule is O=C(NC[C@H](NC(=O)c1c(Cl)cc2c(c1Cl)CCN(Cc1ccc(F)cc1)C2)C(=O)O)NC1CCc2ccccc21. The number of nitrogens with one attached hydrogen (secondary N) is 3. The molecule has 2 aliphatic rings. The third-order valence-electron chi connectivity index (χ3n) is 7.54. The van der Waals surface area contributed by atoms with E-state index in [-0.39, 0.29) is 34.0 Å². The van der Waals surface area contributed by atoms with Gasteiger partial charge in [0.2, 0.25) is 0 Å². The van der Waals surface area contributed by atoms with E-state index in [0.717, 1.165) is 35.1 Å². The maximum atomic E-state index is 13.2. The van der Waals surface area contributed by atoms with Gasteiger partial charge in [0.15, 0.2) is 0 Å². The van der Waals surface area contributed by atoms with E-state index >= 15 is 0 Å². The zero-order valence-electron chi connectivity index (χ0n) is 22.1. The van der Waals surface area contributed by atoms with Crippen LogP contribution in [-0.2, 0) is 30.7 Å². The predicted octanol–water partition coefficient (Wildman–Crippen LogP) is 4.86. The highest BCUT2D eigenvalue weighted by Gasteiger charge is 2.29. The molecule has 5 rings (SSSR count). The Bertz CT molecular complexity index is 1480. The summed E-state index contributed by atoms with van der Waals surface area (Å²) in [4.78, 5) is 39.8. The second-order valence-corrected chi connectivity index (χ2v) is 11.1. The van der Waals surface area contributed by atoms with Crippen LogP contribution >= 0.6 is 23.2 Å². The van der Waals surface area contributed by atoms with Crippen molar-refractivity contribution in [2.75, 3.05) is 13.1 Å². The van der Waals surface area contributed by atoms with Gasteiger partial charge in [0.05, 0.1) is 28.2 Å². The number of aryl methyl sites for hydroxylation is 1. The van der Waals surface area contributed by atoms with Gasteiger partial charge in [-0.05, 0) is 65.3 Å². The van der Waals surface area contributed by atoms with Crippen LogP contribution in [0.2, 0.25) is 10.0 Å². The van der Waals surface area contributed by atoms with Crippen molar-refractivity contribution < 1.29 is 23.9 Å². The normalized spacial score (nSPS) is 16.8. The van der Waals surface area contributed by atoms with Gasteiger partial charge >= 0.3 is 12.0 Å². The molecule has 8 nitrogen and oxygen atoms in total. The second kappa shape index (κ2) is 12.5. The number of hydrogen-bond acceptors (Lipinski definition) is 4. The maximum Gasteiger partial charge on any atom is 0.328 e. The van der Waals surface area contributed by atoms with Crippen LogP contribution in [0.25, 0.3) is 0 Å². The summed E-state index contributed by atoms with van der Waals surface area (Å²) in [6.45, 7) is 1.48. The monoisotopic (exact) mass is 598 g/mol. The third kappa shape index (κ3) is 6.64. The summed E-state index contributed by atoms with van der Waals surface area (Å²) in [7, 11) is 0. The topological polar surface area (TPSA) is 111 Å². The van der Waals surface area contributed by atoms with Crippen LogP contribution in [0.5, 0.6) is 0 Å². The first-order valence-corrected chi connectivity index (χ1v) is 14.1. The van der Waals surface area contributed by atoms with Crippen molar-refractivity contribution in [3.8, 4) is 0 Å². The van der Waals surface area contributed by atoms with Crippen molar-refractivity contribution in [2.45, 2.75) is 44.4 Å². The van der Waals surface area contributed by atoms with Gasteiger partial charge < -0.3 is 21.1 Å². The minimum absolute atomic E-state index is 0.00247. The van der Waals surface area contributed by atoms with E-state index in [1.807, 2.05) is 24.3 Å². The van der Waals surface area contributed by atoms with E-state index in [2.05, 4.69) is 20.9 Å². The van der Waals surface area contributed by atoms with Crippen molar-refractivity contribution in [2.24, 2.45) is 0 Å². The average Bonchev–Trinajstić information content (AvgIpc) is 3.34. The molecule has 0 radical (unpaired) electrons. The Hall–Kier alpha value is -3.66. The first-order valence-electron chi connectivity index (χ1n) is 13.3. The summed E-state index contributed by atoms with van der Waals surface area (Å²) < 4.78 is 13.2. The van der Waals surface area contributed by atoms with Gasteiger partial charge in [-0.25, -0.2) is 14.0 Å². The zero-order valence-corrected chi connectivity index (χ0v) is 23.6. The molecule has 41 heavy (non-hydrogen) atoms. The molecule has 1 aliphatic heterocycles. The fraction of sp³-hybridized carbons (Fsp3) is 0.300. The molecule has 11 heteroatoms. The van der Waals surface area contributed by atoms with Crippen LogP contribution in [0.4, 0.5) is 9.18 Å². The predicted molar refractivity (Wildman–Crippen MR) is 154 cm³/mol. The highest BCUT2D eigenvalue weighted by Crippen LogP contribution is 2.35. The van der Waals surface area contributed by atoms with Crippen LogP contribution in [0.1, 0.15) is 50.6 Å². The number of carboxylic acids is 1. The fourth-order valence-electron chi connectivity index (χ4n) is 5.44. The molecule has 0 fully saturated rings. The highest BCUT2D eigenvalue weighted by atomic mass is 35.5. The van der Waals surface area contributed by atoms with Crippen LogP contribution in [0.3, 0.4) is 0 Å². The lowest BCUT2D eigenvalue weighted by Crippen LogP contribution is -2.50. The summed E-state index contributed by atoms with van der Waals surface area (Å²) in [5.74, 6) is -2.34. The average molecular weight is 599 g/mol. The molecule has 3 amide bonds. The van der Waals surface area contributed by atoms with E-state index in [1.165, 1.54) is 17.7 Å². The van der Waals surface area contributed by atoms with Crippen molar-refractivity contribution in [1.29, 1.82) is 0 Å². The minimum Gasteiger partial charge on any atom is -0.480 e. The summed E-state index contributed by atoms with van der Waals surface area (Å²) >= 11 is 13.1. The molecule has 4 N–H and O–H groups in total. The molecule has 1 heterocycles. The third-order valence-corrected chi connectivity index (χ3v) is 8.25. The number of carbonyl (C=O) groups is 3. The number of halogens is 3. The number of amides is 3. The molecule has 0 saturated heterocycles. The number of aliphatic carboxylic acids is 1. The number of urea groups is 1. The molecule has 0 saturated carbocycles. The smallest absolute Gasteiger partial charge is 0.328 e. The summed E-state index contributed by atoms with van der Waals surface area (Å²) in [6.07, 6.45) is 2.16. The van der Waals surface area contributed by atoms with Gasteiger partial charge in [-0.3, -0.25) is 9.69 Å². The number of carbonyl (C=O) groups excluding carboxylic acids is 2. The Morgan fingerprint density at radius 2 is 1.80 bits per heavy atom. The Morgan fingerprint density at radius 1 is 1.05 bits per heavy atom. The zero-order chi connectivity index (χ0) is 29.1. The molecule has 2 atom stereocenters. The van der Waals surface area contributed by atoms with Gasteiger partial charge in [-0.1, -0.05) is 59.6 Å². The minimum atomic E-state index is -1.40. The van der Waals surface area contributed by atoms with E-state index < -0.39 is 23.9 Å². The molecule has 3 aromatic carbocycles. The number of nitrogens with zero attached hydrogens (tertiary/aromatic N) is 1. The van der Waals surface area contributed by atoms with Crippen LogP contribution < -0.4 is 16.0 Å². The van der Waals surface area contributed by atoms with Gasteiger partial charge in [0.1, 0.15) is 11.9 Å². The lowest BCUT2D eigenvalue weighted by atomic mass is 9.96. The lowest BCUT2D eigenvalue weighted by molar-refractivity contribution is -0.139. The molecule has 214 valence electrons. The number of hydrogen-bond donors (Lipinski definition) is 4. The van der Waals surface area contributed by atoms with E-state index in [4.69, 9.17) is 23.2 Å². The molecular formula is C30H29Cl2FN4O4. The van der Waals surface area contributed by atoms with Gasteiger partial charge in [0, 0.05) is 19.6 Å². The van der Waals surface area contributed by atoms with Crippen molar-refractivity contribution >= 4 is 41.1 Å². The van der Waals surface area contributed by atoms with Gasteiger partial charge in [-0.2, -0.15) is 0 Å². The number of carboxylic acid groups (broad SMARTS) is 1. The van der Waals surface area contributed by atoms with Gasteiger partial charge in [0.25, 0.3) is 5.91 Å². The lowest BCUT2D eigenvalue weighted by Gasteiger charge is -2.30. The maximum absolute atomic E-state index is 13.2. The summed E-state index contributed by atoms with van der Waals surface area (Å²) in [5.41, 5.74) is 4.83. The quantitative estimate of drug-likeness (QED) is 0.296.